The smallest absolute Gasteiger partial charge is 0.269 e. The molecule has 1 unspecified atom stereocenters. The van der Waals surface area contributed by atoms with Crippen molar-refractivity contribution in [2.45, 2.75) is 38.8 Å². The molecule has 1 amide bonds. The Hall–Kier alpha value is -3.30. The number of fused-ring (bicyclic) bond motifs is 1. The predicted molar refractivity (Wildman–Crippen MR) is 144 cm³/mol. The van der Waals surface area contributed by atoms with Crippen molar-refractivity contribution in [2.75, 3.05) is 37.6 Å². The summed E-state index contributed by atoms with van der Waals surface area (Å²) < 4.78 is 8.51. The number of carbonyl (C=O) groups excluding carboxylic acids is 1. The van der Waals surface area contributed by atoms with Crippen LogP contribution < -0.4 is 15.4 Å². The molecule has 1 atom stereocenters. The van der Waals surface area contributed by atoms with Crippen LogP contribution in [-0.4, -0.2) is 59.1 Å². The number of piperazine rings is 1. The van der Waals surface area contributed by atoms with Crippen molar-refractivity contribution < 1.29 is 14.5 Å². The second-order valence-corrected chi connectivity index (χ2v) is 8.87. The van der Waals surface area contributed by atoms with Crippen LogP contribution in [0.2, 0.25) is 0 Å². The standard InChI is InChI=1S/C26H33N5O4.ClH/c1-2-5-22(35-25-19-30(13-12-27)24-7-4-3-6-23(24)25)18-26(32)29-16-14-28(15-17-29)20-8-10-21(11-9-20)31(33)34;/h3-4,6-11,19,22H,2,5,12-18,27H2,1H3;1H. The first-order chi connectivity index (χ1) is 17.0. The average Bonchev–Trinajstić information content (AvgIpc) is 3.21. The highest BCUT2D eigenvalue weighted by Gasteiger charge is 2.25. The fourth-order valence-corrected chi connectivity index (χ4v) is 4.66. The van der Waals surface area contributed by atoms with E-state index in [1.54, 1.807) is 12.1 Å². The van der Waals surface area contributed by atoms with Gasteiger partial charge in [-0.05, 0) is 30.7 Å². The van der Waals surface area contributed by atoms with Gasteiger partial charge in [-0.15, -0.1) is 12.4 Å². The SMILES string of the molecule is CCCC(CC(=O)N1CCN(c2ccc([N+](=O)[O-])cc2)CC1)Oc1cn(CCN)c2ccccc12.Cl. The van der Waals surface area contributed by atoms with Crippen molar-refractivity contribution in [1.82, 2.24) is 9.47 Å². The minimum absolute atomic E-state index is 0. The van der Waals surface area contributed by atoms with Gasteiger partial charge in [-0.25, -0.2) is 0 Å². The van der Waals surface area contributed by atoms with Gasteiger partial charge >= 0.3 is 0 Å². The quantitative estimate of drug-likeness (QED) is 0.320. The Balaban J connectivity index is 0.00000361. The number of nitrogens with two attached hydrogens (primary N) is 1. The van der Waals surface area contributed by atoms with Gasteiger partial charge < -0.3 is 24.8 Å². The lowest BCUT2D eigenvalue weighted by atomic mass is 10.1. The molecule has 0 spiro atoms. The van der Waals surface area contributed by atoms with Crippen molar-refractivity contribution in [3.05, 3.63) is 64.8 Å². The molecule has 0 aliphatic carbocycles. The van der Waals surface area contributed by atoms with E-state index in [0.717, 1.165) is 35.2 Å². The third-order valence-electron chi connectivity index (χ3n) is 6.49. The first kappa shape index (κ1) is 27.3. The largest absolute Gasteiger partial charge is 0.488 e. The lowest BCUT2D eigenvalue weighted by molar-refractivity contribution is -0.384. The molecule has 2 aromatic carbocycles. The highest BCUT2D eigenvalue weighted by molar-refractivity contribution is 5.87. The molecular weight excluding hydrogens is 482 g/mol. The highest BCUT2D eigenvalue weighted by Crippen LogP contribution is 2.30. The summed E-state index contributed by atoms with van der Waals surface area (Å²) >= 11 is 0. The van der Waals surface area contributed by atoms with E-state index in [2.05, 4.69) is 22.5 Å². The Labute approximate surface area is 217 Å². The van der Waals surface area contributed by atoms with E-state index in [1.165, 1.54) is 12.1 Å². The molecular formula is C26H34ClN5O4. The van der Waals surface area contributed by atoms with Crippen LogP contribution in [0.4, 0.5) is 11.4 Å². The van der Waals surface area contributed by atoms with Crippen molar-refractivity contribution >= 4 is 40.6 Å². The number of carbonyl (C=O) groups is 1. The molecule has 1 fully saturated rings. The number of nitrogens with zero attached hydrogens (tertiary/aromatic N) is 4. The number of anilines is 1. The summed E-state index contributed by atoms with van der Waals surface area (Å²) in [5.41, 5.74) is 7.88. The summed E-state index contributed by atoms with van der Waals surface area (Å²) in [5.74, 6) is 0.890. The van der Waals surface area contributed by atoms with E-state index in [0.29, 0.717) is 45.7 Å². The van der Waals surface area contributed by atoms with Crippen LogP contribution >= 0.6 is 12.4 Å². The molecule has 0 radical (unpaired) electrons. The maximum absolute atomic E-state index is 13.1. The van der Waals surface area contributed by atoms with Gasteiger partial charge in [0.25, 0.3) is 5.69 Å². The lowest BCUT2D eigenvalue weighted by Crippen LogP contribution is -2.49. The third kappa shape index (κ3) is 6.27. The van der Waals surface area contributed by atoms with E-state index >= 15 is 0 Å². The second kappa shape index (κ2) is 12.6. The van der Waals surface area contributed by atoms with Gasteiger partial charge in [0.2, 0.25) is 5.91 Å². The van der Waals surface area contributed by atoms with Crippen LogP contribution in [-0.2, 0) is 11.3 Å². The average molecular weight is 516 g/mol. The maximum atomic E-state index is 13.1. The van der Waals surface area contributed by atoms with Gasteiger partial charge in [0.15, 0.2) is 0 Å². The monoisotopic (exact) mass is 515 g/mol. The summed E-state index contributed by atoms with van der Waals surface area (Å²) in [5, 5.41) is 11.9. The van der Waals surface area contributed by atoms with Crippen molar-refractivity contribution in [1.29, 1.82) is 0 Å². The first-order valence-electron chi connectivity index (χ1n) is 12.2. The van der Waals surface area contributed by atoms with Crippen LogP contribution in [0.5, 0.6) is 5.75 Å². The first-order valence-corrected chi connectivity index (χ1v) is 12.2. The van der Waals surface area contributed by atoms with Crippen LogP contribution in [0.3, 0.4) is 0 Å². The molecule has 1 saturated heterocycles. The highest BCUT2D eigenvalue weighted by atomic mass is 35.5. The van der Waals surface area contributed by atoms with E-state index in [9.17, 15) is 14.9 Å². The van der Waals surface area contributed by atoms with Crippen molar-refractivity contribution in [3.63, 3.8) is 0 Å². The molecule has 1 aromatic heterocycles. The van der Waals surface area contributed by atoms with E-state index < -0.39 is 4.92 Å². The molecule has 9 nitrogen and oxygen atoms in total. The number of nitro groups is 1. The second-order valence-electron chi connectivity index (χ2n) is 8.87. The third-order valence-corrected chi connectivity index (χ3v) is 6.49. The Morgan fingerprint density at radius 1 is 1.11 bits per heavy atom. The summed E-state index contributed by atoms with van der Waals surface area (Å²) in [6, 6.07) is 14.7. The van der Waals surface area contributed by atoms with Crippen LogP contribution in [0.15, 0.2) is 54.7 Å². The number of aromatic nitrogens is 1. The number of hydrogen-bond donors (Lipinski definition) is 1. The van der Waals surface area contributed by atoms with Crippen molar-refractivity contribution in [2.24, 2.45) is 5.73 Å². The Morgan fingerprint density at radius 3 is 2.44 bits per heavy atom. The zero-order valence-corrected chi connectivity index (χ0v) is 21.4. The normalized spacial score (nSPS) is 14.4. The Kier molecular flexibility index (Phi) is 9.55. The van der Waals surface area contributed by atoms with Crippen LogP contribution in [0.25, 0.3) is 10.9 Å². The van der Waals surface area contributed by atoms with E-state index in [4.69, 9.17) is 10.5 Å². The van der Waals surface area contributed by atoms with Gasteiger partial charge in [0, 0.05) is 68.7 Å². The molecule has 3 aromatic rings. The summed E-state index contributed by atoms with van der Waals surface area (Å²) in [6.45, 7) is 5.96. The number of nitro benzene ring substituents is 1. The van der Waals surface area contributed by atoms with Gasteiger partial charge in [-0.2, -0.15) is 0 Å². The molecule has 194 valence electrons. The van der Waals surface area contributed by atoms with E-state index in [1.807, 2.05) is 29.3 Å². The zero-order valence-electron chi connectivity index (χ0n) is 20.5. The maximum Gasteiger partial charge on any atom is 0.269 e. The molecule has 10 heteroatoms. The van der Waals surface area contributed by atoms with Crippen molar-refractivity contribution in [3.8, 4) is 5.75 Å². The zero-order chi connectivity index (χ0) is 24.8. The molecule has 0 saturated carbocycles. The number of non-ortho nitro benzene ring substituents is 1. The fraction of sp³-hybridized carbons (Fsp3) is 0.423. The topological polar surface area (TPSA) is 107 Å². The summed E-state index contributed by atoms with van der Waals surface area (Å²) in [7, 11) is 0. The minimum atomic E-state index is -0.398. The molecule has 2 heterocycles. The Bertz CT molecular complexity index is 1160. The minimum Gasteiger partial charge on any atom is -0.488 e. The number of halogens is 1. The van der Waals surface area contributed by atoms with Gasteiger partial charge in [-0.3, -0.25) is 14.9 Å². The number of rotatable bonds is 10. The van der Waals surface area contributed by atoms with Gasteiger partial charge in [0.1, 0.15) is 11.9 Å². The van der Waals surface area contributed by atoms with Crippen LogP contribution in [0, 0.1) is 10.1 Å². The molecule has 4 rings (SSSR count). The fourth-order valence-electron chi connectivity index (χ4n) is 4.66. The van der Waals surface area contributed by atoms with Gasteiger partial charge in [0.05, 0.1) is 16.9 Å². The number of para-hydroxylation sites is 1. The number of hydrogen-bond acceptors (Lipinski definition) is 6. The molecule has 2 N–H and O–H groups in total. The molecule has 1 aliphatic rings. The Morgan fingerprint density at radius 2 is 1.81 bits per heavy atom. The summed E-state index contributed by atoms with van der Waals surface area (Å²) in [6.07, 6.45) is 3.85. The molecule has 1 aliphatic heterocycles. The lowest BCUT2D eigenvalue weighted by Gasteiger charge is -2.36. The number of benzene rings is 2. The number of amides is 1. The van der Waals surface area contributed by atoms with Gasteiger partial charge in [-0.1, -0.05) is 25.5 Å². The van der Waals surface area contributed by atoms with Crippen LogP contribution in [0.1, 0.15) is 26.2 Å². The number of ether oxygens (including phenoxy) is 1. The predicted octanol–water partition coefficient (Wildman–Crippen LogP) is 4.22. The van der Waals surface area contributed by atoms with E-state index in [-0.39, 0.29) is 30.1 Å². The summed E-state index contributed by atoms with van der Waals surface area (Å²) in [4.78, 5) is 27.7. The molecule has 0 bridgehead atoms. The molecule has 36 heavy (non-hydrogen) atoms.